The lowest BCUT2D eigenvalue weighted by Gasteiger charge is -1.99. The van der Waals surface area contributed by atoms with E-state index in [0.29, 0.717) is 0 Å². The van der Waals surface area contributed by atoms with Crippen LogP contribution < -0.4 is 10.6 Å². The van der Waals surface area contributed by atoms with Crippen LogP contribution in [0, 0.1) is 0 Å². The minimum atomic E-state index is 0.814. The molecular formula is C14H14N2. The van der Waals surface area contributed by atoms with Crippen molar-refractivity contribution in [2.45, 2.75) is 6.92 Å². The fourth-order valence-corrected chi connectivity index (χ4v) is 2.15. The van der Waals surface area contributed by atoms with Gasteiger partial charge < -0.3 is 0 Å². The first-order valence-corrected chi connectivity index (χ1v) is 5.15. The topological polar surface area (TPSA) is 25.2 Å². The van der Waals surface area contributed by atoms with Crippen LogP contribution >= 0.6 is 0 Å². The highest BCUT2D eigenvalue weighted by Crippen LogP contribution is 2.26. The molecule has 2 rings (SSSR count). The summed E-state index contributed by atoms with van der Waals surface area (Å²) in [4.78, 5) is 8.31. The van der Waals surface area contributed by atoms with Crippen LogP contribution in [0.25, 0.3) is 17.7 Å². The average molecular weight is 210 g/mol. The summed E-state index contributed by atoms with van der Waals surface area (Å²) in [5.74, 6) is 0. The molecule has 1 aliphatic rings. The Kier molecular flexibility index (Phi) is 2.57. The van der Waals surface area contributed by atoms with Crippen LogP contribution in [-0.2, 0) is 0 Å². The maximum Gasteiger partial charge on any atom is 0.0639 e. The molecule has 1 aliphatic carbocycles. The molecule has 80 valence electrons. The van der Waals surface area contributed by atoms with Gasteiger partial charge in [-0.2, -0.15) is 0 Å². The highest BCUT2D eigenvalue weighted by molar-refractivity contribution is 6.09. The van der Waals surface area contributed by atoms with Crippen molar-refractivity contribution in [2.24, 2.45) is 4.99 Å². The standard InChI is InChI=1S/C14H14N2/c1-5-11-12-6-7-16-10(3)14(12)9(2)13(11)8-15-4/h5-8H,1,3H2,2,4H3. The fraction of sp³-hybridized carbons (Fsp3) is 0.143. The number of hydrogen-bond donors (Lipinski definition) is 0. The third-order valence-corrected chi connectivity index (χ3v) is 2.85. The summed E-state index contributed by atoms with van der Waals surface area (Å²) in [6.45, 7) is 9.91. The summed E-state index contributed by atoms with van der Waals surface area (Å²) in [6.07, 6.45) is 5.52. The monoisotopic (exact) mass is 210 g/mol. The summed E-state index contributed by atoms with van der Waals surface area (Å²) < 4.78 is 0. The maximum absolute atomic E-state index is 4.23. The summed E-state index contributed by atoms with van der Waals surface area (Å²) >= 11 is 0. The molecule has 0 radical (unpaired) electrons. The summed E-state index contributed by atoms with van der Waals surface area (Å²) in [7, 11) is 1.77. The Labute approximate surface area is 95.1 Å². The van der Waals surface area contributed by atoms with E-state index in [1.165, 1.54) is 5.57 Å². The number of hydrogen-bond acceptors (Lipinski definition) is 2. The number of aromatic nitrogens is 1. The molecule has 1 aromatic rings. The van der Waals surface area contributed by atoms with Crippen molar-refractivity contribution in [1.29, 1.82) is 0 Å². The fourth-order valence-electron chi connectivity index (χ4n) is 2.15. The lowest BCUT2D eigenvalue weighted by molar-refractivity contribution is 1.21. The molecule has 0 spiro atoms. The van der Waals surface area contributed by atoms with Gasteiger partial charge in [0.1, 0.15) is 0 Å². The highest BCUT2D eigenvalue weighted by atomic mass is 14.6. The normalized spacial score (nSPS) is 14.8. The summed E-state index contributed by atoms with van der Waals surface area (Å²) in [5.41, 5.74) is 4.56. The predicted molar refractivity (Wildman–Crippen MR) is 69.6 cm³/mol. The van der Waals surface area contributed by atoms with E-state index in [9.17, 15) is 0 Å². The van der Waals surface area contributed by atoms with Crippen LogP contribution in [0.3, 0.4) is 0 Å². The summed E-state index contributed by atoms with van der Waals surface area (Å²) in [6, 6.07) is 2.00. The first-order chi connectivity index (χ1) is 7.70. The van der Waals surface area contributed by atoms with Gasteiger partial charge in [0.25, 0.3) is 0 Å². The molecule has 0 bridgehead atoms. The molecule has 1 aromatic heterocycles. The van der Waals surface area contributed by atoms with Gasteiger partial charge in [-0.1, -0.05) is 19.2 Å². The van der Waals surface area contributed by atoms with E-state index in [2.05, 4.69) is 30.1 Å². The van der Waals surface area contributed by atoms with E-state index in [-0.39, 0.29) is 0 Å². The summed E-state index contributed by atoms with van der Waals surface area (Å²) in [5, 5.41) is 1.93. The highest BCUT2D eigenvalue weighted by Gasteiger charge is 2.17. The smallest absolute Gasteiger partial charge is 0.0639 e. The zero-order valence-electron chi connectivity index (χ0n) is 9.62. The molecule has 0 unspecified atom stereocenters. The molecule has 0 saturated heterocycles. The number of rotatable bonds is 2. The Morgan fingerprint density at radius 1 is 1.38 bits per heavy atom. The third-order valence-electron chi connectivity index (χ3n) is 2.85. The predicted octanol–water partition coefficient (Wildman–Crippen LogP) is 1.32. The van der Waals surface area contributed by atoms with Crippen LogP contribution in [0.2, 0.25) is 0 Å². The SMILES string of the molecule is C=CC1=C(C=NC)C(C)=c2c1ccnc2=C. The first kappa shape index (κ1) is 10.6. The van der Waals surface area contributed by atoms with Gasteiger partial charge in [0.2, 0.25) is 0 Å². The van der Waals surface area contributed by atoms with Gasteiger partial charge >= 0.3 is 0 Å². The molecular weight excluding hydrogens is 196 g/mol. The van der Waals surface area contributed by atoms with Crippen molar-refractivity contribution in [3.8, 4) is 0 Å². The van der Waals surface area contributed by atoms with Crippen LogP contribution in [0.1, 0.15) is 12.5 Å². The molecule has 0 aromatic carbocycles. The Hall–Kier alpha value is -1.96. The van der Waals surface area contributed by atoms with E-state index in [1.807, 2.05) is 18.4 Å². The van der Waals surface area contributed by atoms with Crippen LogP contribution in [0.15, 0.2) is 35.5 Å². The van der Waals surface area contributed by atoms with Gasteiger partial charge in [0.15, 0.2) is 0 Å². The van der Waals surface area contributed by atoms with E-state index >= 15 is 0 Å². The number of nitrogens with zero attached hydrogens (tertiary/aromatic N) is 2. The Morgan fingerprint density at radius 3 is 2.75 bits per heavy atom. The van der Waals surface area contributed by atoms with Crippen molar-refractivity contribution in [1.82, 2.24) is 4.98 Å². The van der Waals surface area contributed by atoms with Gasteiger partial charge in [0, 0.05) is 30.3 Å². The number of pyridine rings is 1. The van der Waals surface area contributed by atoms with Gasteiger partial charge in [0.05, 0.1) is 5.35 Å². The van der Waals surface area contributed by atoms with Crippen molar-refractivity contribution in [3.63, 3.8) is 0 Å². The minimum absolute atomic E-state index is 0.814. The van der Waals surface area contributed by atoms with E-state index in [1.54, 1.807) is 13.2 Å². The molecule has 16 heavy (non-hydrogen) atoms. The zero-order chi connectivity index (χ0) is 11.7. The zero-order valence-corrected chi connectivity index (χ0v) is 9.62. The minimum Gasteiger partial charge on any atom is -0.296 e. The largest absolute Gasteiger partial charge is 0.296 e. The van der Waals surface area contributed by atoms with Crippen molar-refractivity contribution < 1.29 is 0 Å². The van der Waals surface area contributed by atoms with Crippen LogP contribution in [0.4, 0.5) is 0 Å². The second-order valence-corrected chi connectivity index (χ2v) is 3.72. The molecule has 0 atom stereocenters. The third kappa shape index (κ3) is 1.34. The van der Waals surface area contributed by atoms with Gasteiger partial charge in [-0.15, -0.1) is 0 Å². The number of allylic oxidation sites excluding steroid dienone is 3. The molecule has 1 heterocycles. The maximum atomic E-state index is 4.23. The number of aliphatic imine (C=N–C) groups is 1. The van der Waals surface area contributed by atoms with E-state index in [0.717, 1.165) is 27.3 Å². The second kappa shape index (κ2) is 3.89. The van der Waals surface area contributed by atoms with E-state index < -0.39 is 0 Å². The Bertz CT molecular complexity index is 619. The van der Waals surface area contributed by atoms with Crippen LogP contribution in [-0.4, -0.2) is 18.2 Å². The molecule has 0 fully saturated rings. The van der Waals surface area contributed by atoms with Gasteiger partial charge in [-0.3, -0.25) is 9.98 Å². The Balaban J connectivity index is 2.89. The van der Waals surface area contributed by atoms with Crippen molar-refractivity contribution in [2.75, 3.05) is 7.05 Å². The molecule has 0 aliphatic heterocycles. The van der Waals surface area contributed by atoms with Crippen LogP contribution in [0.5, 0.6) is 0 Å². The molecule has 0 saturated carbocycles. The first-order valence-electron chi connectivity index (χ1n) is 5.15. The van der Waals surface area contributed by atoms with Crippen molar-refractivity contribution in [3.05, 3.63) is 46.6 Å². The Morgan fingerprint density at radius 2 is 2.12 bits per heavy atom. The lowest BCUT2D eigenvalue weighted by atomic mass is 10.1. The molecule has 2 nitrogen and oxygen atoms in total. The van der Waals surface area contributed by atoms with Gasteiger partial charge in [-0.25, -0.2) is 0 Å². The lowest BCUT2D eigenvalue weighted by Crippen LogP contribution is -2.29. The average Bonchev–Trinajstić information content (AvgIpc) is 2.54. The quantitative estimate of drug-likeness (QED) is 0.676. The van der Waals surface area contributed by atoms with Gasteiger partial charge in [-0.05, 0) is 29.7 Å². The second-order valence-electron chi connectivity index (χ2n) is 3.72. The number of fused-ring (bicyclic) bond motifs is 1. The van der Waals surface area contributed by atoms with E-state index in [4.69, 9.17) is 0 Å². The molecule has 0 amide bonds. The molecule has 0 N–H and O–H groups in total. The molecule has 2 heteroatoms. The van der Waals surface area contributed by atoms with Crippen molar-refractivity contribution >= 4 is 23.9 Å².